The summed E-state index contributed by atoms with van der Waals surface area (Å²) in [4.78, 5) is 0. The van der Waals surface area contributed by atoms with Crippen LogP contribution in [0.25, 0.3) is 0 Å². The molecular weight excluding hydrogens is 120 g/mol. The fourth-order valence-corrected chi connectivity index (χ4v) is 3.24. The van der Waals surface area contributed by atoms with E-state index in [1.54, 1.807) is 0 Å². The lowest BCUT2D eigenvalue weighted by atomic mass is 9.77. The minimum absolute atomic E-state index is 0.766. The molecule has 0 N–H and O–H groups in total. The summed E-state index contributed by atoms with van der Waals surface area (Å²) in [6, 6.07) is 0. The average molecular weight is 138 g/mol. The molecule has 2 bridgehead atoms. The third-order valence-corrected chi connectivity index (χ3v) is 3.73. The molecule has 0 spiro atoms. The van der Waals surface area contributed by atoms with Gasteiger partial charge in [0.25, 0.3) is 0 Å². The maximum Gasteiger partial charge on any atom is -0.0320 e. The standard InChI is InChI=1S/C10H18/c1-8-6-10(2)5-3-4-9(8)7-10/h8-9H,3-7H2,1-2H3. The van der Waals surface area contributed by atoms with Gasteiger partial charge in [-0.3, -0.25) is 0 Å². The van der Waals surface area contributed by atoms with Gasteiger partial charge in [-0.2, -0.15) is 0 Å². The largest absolute Gasteiger partial charge is 0.0622 e. The van der Waals surface area contributed by atoms with Gasteiger partial charge in [-0.1, -0.05) is 26.7 Å². The van der Waals surface area contributed by atoms with Crippen molar-refractivity contribution in [3.63, 3.8) is 0 Å². The zero-order valence-corrected chi connectivity index (χ0v) is 7.19. The van der Waals surface area contributed by atoms with Gasteiger partial charge in [0.2, 0.25) is 0 Å². The van der Waals surface area contributed by atoms with Crippen LogP contribution in [0.2, 0.25) is 0 Å². The Labute approximate surface area is 64.0 Å². The van der Waals surface area contributed by atoms with E-state index in [4.69, 9.17) is 0 Å². The lowest BCUT2D eigenvalue weighted by Crippen LogP contribution is -2.16. The highest BCUT2D eigenvalue weighted by Gasteiger charge is 2.42. The topological polar surface area (TPSA) is 0 Å². The van der Waals surface area contributed by atoms with Crippen molar-refractivity contribution in [2.45, 2.75) is 46.0 Å². The Bertz CT molecular complexity index is 135. The first-order valence-electron chi connectivity index (χ1n) is 4.70. The maximum absolute atomic E-state index is 2.49. The van der Waals surface area contributed by atoms with Gasteiger partial charge in [0.15, 0.2) is 0 Å². The van der Waals surface area contributed by atoms with Gasteiger partial charge in [-0.25, -0.2) is 0 Å². The molecule has 3 unspecified atom stereocenters. The zero-order valence-electron chi connectivity index (χ0n) is 7.19. The molecule has 0 aromatic carbocycles. The van der Waals surface area contributed by atoms with E-state index in [1.807, 2.05) is 0 Å². The highest BCUT2D eigenvalue weighted by atomic mass is 14.5. The van der Waals surface area contributed by atoms with Crippen molar-refractivity contribution in [2.75, 3.05) is 0 Å². The van der Waals surface area contributed by atoms with Gasteiger partial charge in [-0.05, 0) is 36.5 Å². The van der Waals surface area contributed by atoms with Crippen molar-refractivity contribution in [1.82, 2.24) is 0 Å². The molecular formula is C10H18. The van der Waals surface area contributed by atoms with E-state index in [0.717, 1.165) is 17.3 Å². The van der Waals surface area contributed by atoms with E-state index < -0.39 is 0 Å². The lowest BCUT2D eigenvalue weighted by molar-refractivity contribution is 0.237. The molecule has 2 aliphatic rings. The summed E-state index contributed by atoms with van der Waals surface area (Å²) in [6.45, 7) is 4.93. The Morgan fingerprint density at radius 3 is 2.70 bits per heavy atom. The van der Waals surface area contributed by atoms with E-state index in [-0.39, 0.29) is 0 Å². The van der Waals surface area contributed by atoms with E-state index >= 15 is 0 Å². The fraction of sp³-hybridized carbons (Fsp3) is 1.00. The summed E-state index contributed by atoms with van der Waals surface area (Å²) < 4.78 is 0. The summed E-state index contributed by atoms with van der Waals surface area (Å²) in [5, 5.41) is 0. The van der Waals surface area contributed by atoms with Crippen LogP contribution in [-0.2, 0) is 0 Å². The molecule has 58 valence electrons. The average Bonchev–Trinajstić information content (AvgIpc) is 2.03. The molecule has 2 saturated carbocycles. The molecule has 2 rings (SSSR count). The van der Waals surface area contributed by atoms with Gasteiger partial charge in [-0.15, -0.1) is 0 Å². The Hall–Kier alpha value is 0. The number of fused-ring (bicyclic) bond motifs is 2. The van der Waals surface area contributed by atoms with Crippen LogP contribution in [0.1, 0.15) is 46.0 Å². The Balaban J connectivity index is 2.16. The molecule has 0 radical (unpaired) electrons. The second-order valence-electron chi connectivity index (χ2n) is 4.85. The first kappa shape index (κ1) is 6.69. The van der Waals surface area contributed by atoms with Gasteiger partial charge in [0.05, 0.1) is 0 Å². The summed E-state index contributed by atoms with van der Waals surface area (Å²) >= 11 is 0. The Kier molecular flexibility index (Phi) is 1.33. The quantitative estimate of drug-likeness (QED) is 0.482. The summed E-state index contributed by atoms with van der Waals surface area (Å²) in [7, 11) is 0. The van der Waals surface area contributed by atoms with Crippen LogP contribution < -0.4 is 0 Å². The maximum atomic E-state index is 2.49. The van der Waals surface area contributed by atoms with Crippen molar-refractivity contribution >= 4 is 0 Å². The zero-order chi connectivity index (χ0) is 7.19. The minimum atomic E-state index is 0.766. The molecule has 0 nitrogen and oxygen atoms in total. The normalized spacial score (nSPS) is 53.4. The highest BCUT2D eigenvalue weighted by Crippen LogP contribution is 2.53. The first-order chi connectivity index (χ1) is 4.70. The van der Waals surface area contributed by atoms with Crippen molar-refractivity contribution in [3.05, 3.63) is 0 Å². The number of rotatable bonds is 0. The van der Waals surface area contributed by atoms with Gasteiger partial charge >= 0.3 is 0 Å². The predicted octanol–water partition coefficient (Wildman–Crippen LogP) is 3.22. The first-order valence-corrected chi connectivity index (χ1v) is 4.70. The molecule has 2 fully saturated rings. The molecule has 0 heteroatoms. The predicted molar refractivity (Wildman–Crippen MR) is 43.8 cm³/mol. The van der Waals surface area contributed by atoms with Gasteiger partial charge in [0.1, 0.15) is 0 Å². The molecule has 10 heavy (non-hydrogen) atoms. The smallest absolute Gasteiger partial charge is 0.0320 e. The molecule has 0 heterocycles. The van der Waals surface area contributed by atoms with Gasteiger partial charge in [0, 0.05) is 0 Å². The molecule has 3 atom stereocenters. The van der Waals surface area contributed by atoms with E-state index in [0.29, 0.717) is 0 Å². The minimum Gasteiger partial charge on any atom is -0.0622 e. The monoisotopic (exact) mass is 138 g/mol. The Morgan fingerprint density at radius 2 is 2.10 bits per heavy atom. The lowest BCUT2D eigenvalue weighted by Gasteiger charge is -2.28. The number of hydrogen-bond acceptors (Lipinski definition) is 0. The van der Waals surface area contributed by atoms with E-state index in [2.05, 4.69) is 13.8 Å². The molecule has 0 aromatic rings. The highest BCUT2D eigenvalue weighted by molar-refractivity contribution is 4.93. The van der Waals surface area contributed by atoms with Crippen LogP contribution in [0.5, 0.6) is 0 Å². The van der Waals surface area contributed by atoms with Crippen LogP contribution in [0.4, 0.5) is 0 Å². The molecule has 2 aliphatic carbocycles. The summed E-state index contributed by atoms with van der Waals surface area (Å²) in [5.74, 6) is 2.13. The van der Waals surface area contributed by atoms with Crippen LogP contribution in [-0.4, -0.2) is 0 Å². The van der Waals surface area contributed by atoms with Crippen LogP contribution in [0.15, 0.2) is 0 Å². The molecule has 0 aromatic heterocycles. The second-order valence-corrected chi connectivity index (χ2v) is 4.85. The SMILES string of the molecule is CC1CC2(C)CCCC1C2. The van der Waals surface area contributed by atoms with E-state index in [9.17, 15) is 0 Å². The van der Waals surface area contributed by atoms with Crippen LogP contribution in [0, 0.1) is 17.3 Å². The van der Waals surface area contributed by atoms with Crippen molar-refractivity contribution in [1.29, 1.82) is 0 Å². The Morgan fingerprint density at radius 1 is 1.30 bits per heavy atom. The van der Waals surface area contributed by atoms with Crippen molar-refractivity contribution in [2.24, 2.45) is 17.3 Å². The van der Waals surface area contributed by atoms with Crippen molar-refractivity contribution < 1.29 is 0 Å². The summed E-state index contributed by atoms with van der Waals surface area (Å²) in [5.41, 5.74) is 0.766. The number of hydrogen-bond donors (Lipinski definition) is 0. The third kappa shape index (κ3) is 0.889. The second kappa shape index (κ2) is 1.99. The fourth-order valence-electron chi connectivity index (χ4n) is 3.24. The molecule has 0 aliphatic heterocycles. The molecule has 0 saturated heterocycles. The van der Waals surface area contributed by atoms with Gasteiger partial charge < -0.3 is 0 Å². The summed E-state index contributed by atoms with van der Waals surface area (Å²) in [6.07, 6.45) is 7.59. The van der Waals surface area contributed by atoms with Crippen molar-refractivity contribution in [3.8, 4) is 0 Å². The van der Waals surface area contributed by atoms with Crippen LogP contribution in [0.3, 0.4) is 0 Å². The van der Waals surface area contributed by atoms with Crippen LogP contribution >= 0.6 is 0 Å². The van der Waals surface area contributed by atoms with E-state index in [1.165, 1.54) is 32.1 Å². The third-order valence-electron chi connectivity index (χ3n) is 3.73. The molecule has 0 amide bonds.